The molecule has 0 aliphatic rings. The van der Waals surface area contributed by atoms with Gasteiger partial charge in [0, 0.05) is 43.4 Å². The smallest absolute Gasteiger partial charge is 0.378 e. The van der Waals surface area contributed by atoms with Crippen LogP contribution in [0.3, 0.4) is 0 Å². The van der Waals surface area contributed by atoms with Crippen LogP contribution >= 0.6 is 0 Å². The average molecular weight is 461 g/mol. The number of amides is 2. The number of aromatic nitrogens is 2. The van der Waals surface area contributed by atoms with Crippen molar-refractivity contribution in [2.45, 2.75) is 6.42 Å². The molecule has 0 fully saturated rings. The number of urea groups is 1. The second-order valence-electron chi connectivity index (χ2n) is 10.1. The van der Waals surface area contributed by atoms with Gasteiger partial charge in [-0.3, -0.25) is 0 Å². The van der Waals surface area contributed by atoms with Crippen molar-refractivity contribution in [2.75, 3.05) is 58.5 Å². The summed E-state index contributed by atoms with van der Waals surface area (Å²) in [5, 5.41) is 8.33. The second kappa shape index (κ2) is 9.35. The van der Waals surface area contributed by atoms with Gasteiger partial charge in [-0.1, -0.05) is 30.3 Å². The number of rotatable bonds is 7. The summed E-state index contributed by atoms with van der Waals surface area (Å²) in [6.07, 6.45) is 3.15. The molecule has 0 bridgehead atoms. The SMILES string of the molecule is CN(C)c1ccc(/C=c2/c3ccccc3n3c2cc(NC(=O)NCCC[N+](C)(C)C)[n+]3C)cc1. The fourth-order valence-electron chi connectivity index (χ4n) is 4.28. The molecule has 0 saturated carbocycles. The third-order valence-electron chi connectivity index (χ3n) is 6.10. The standard InChI is InChI=1S/C27H34N6O/c1-30(2)21-14-12-20(13-15-21)18-23-22-10-7-8-11-24(22)32-25(23)19-26(31(32)3)29-27(34)28-16-9-17-33(4,5)6/h7-8,10-15,18-19H,9,16-17H2,1-6H3/p+2/b23-18-. The van der Waals surface area contributed by atoms with Gasteiger partial charge in [-0.25, -0.2) is 4.79 Å². The van der Waals surface area contributed by atoms with Crippen LogP contribution in [0.1, 0.15) is 12.0 Å². The first-order chi connectivity index (χ1) is 16.1. The number of carbonyl (C=O) groups is 1. The molecule has 0 aliphatic heterocycles. The highest BCUT2D eigenvalue weighted by Gasteiger charge is 2.21. The molecule has 2 amide bonds. The van der Waals surface area contributed by atoms with Gasteiger partial charge in [0.2, 0.25) is 0 Å². The van der Waals surface area contributed by atoms with Gasteiger partial charge in [-0.2, -0.15) is 14.5 Å². The number of fused-ring (bicyclic) bond motifs is 3. The van der Waals surface area contributed by atoms with Gasteiger partial charge in [-0.05, 0) is 29.8 Å². The van der Waals surface area contributed by atoms with Crippen molar-refractivity contribution < 1.29 is 14.0 Å². The van der Waals surface area contributed by atoms with Crippen molar-refractivity contribution in [1.82, 2.24) is 9.83 Å². The molecule has 7 heteroatoms. The molecule has 0 radical (unpaired) electrons. The van der Waals surface area contributed by atoms with Gasteiger partial charge in [-0.15, -0.1) is 0 Å². The number of anilines is 2. The molecule has 4 aromatic rings. The largest absolute Gasteiger partial charge is 0.406 e. The van der Waals surface area contributed by atoms with E-state index in [9.17, 15) is 4.79 Å². The van der Waals surface area contributed by atoms with E-state index in [1.807, 2.05) is 38.0 Å². The molecule has 178 valence electrons. The lowest BCUT2D eigenvalue weighted by molar-refractivity contribution is -0.870. The Kier molecular flexibility index (Phi) is 6.48. The molecule has 34 heavy (non-hydrogen) atoms. The zero-order valence-corrected chi connectivity index (χ0v) is 21.1. The predicted molar refractivity (Wildman–Crippen MR) is 140 cm³/mol. The van der Waals surface area contributed by atoms with Crippen LogP contribution in [0.5, 0.6) is 0 Å². The molecule has 2 aromatic heterocycles. The molecular formula is C27H36N6O+2. The predicted octanol–water partition coefficient (Wildman–Crippen LogP) is 2.75. The van der Waals surface area contributed by atoms with Gasteiger partial charge in [0.15, 0.2) is 0 Å². The summed E-state index contributed by atoms with van der Waals surface area (Å²) in [5.41, 5.74) is 4.47. The van der Waals surface area contributed by atoms with Gasteiger partial charge < -0.3 is 14.7 Å². The van der Waals surface area contributed by atoms with E-state index in [0.29, 0.717) is 6.54 Å². The number of hydrogen-bond donors (Lipinski definition) is 2. The molecule has 0 spiro atoms. The summed E-state index contributed by atoms with van der Waals surface area (Å²) in [6, 6.07) is 18.8. The molecule has 0 saturated heterocycles. The zero-order valence-electron chi connectivity index (χ0n) is 21.1. The maximum Gasteiger partial charge on any atom is 0.406 e. The topological polar surface area (TPSA) is 52.7 Å². The molecule has 4 rings (SSSR count). The van der Waals surface area contributed by atoms with E-state index in [4.69, 9.17) is 0 Å². The highest BCUT2D eigenvalue weighted by Crippen LogP contribution is 2.18. The summed E-state index contributed by atoms with van der Waals surface area (Å²) in [7, 11) is 12.5. The lowest BCUT2D eigenvalue weighted by Gasteiger charge is -2.23. The van der Waals surface area contributed by atoms with Crippen molar-refractivity contribution in [1.29, 1.82) is 0 Å². The first-order valence-corrected chi connectivity index (χ1v) is 11.7. The van der Waals surface area contributed by atoms with Gasteiger partial charge in [0.05, 0.1) is 44.8 Å². The van der Waals surface area contributed by atoms with Gasteiger partial charge >= 0.3 is 11.8 Å². The molecule has 0 unspecified atom stereocenters. The van der Waals surface area contributed by atoms with E-state index in [1.165, 1.54) is 11.1 Å². The fraction of sp³-hybridized carbons (Fsp3) is 0.333. The number of nitrogens with one attached hydrogen (secondary N) is 2. The highest BCUT2D eigenvalue weighted by molar-refractivity contribution is 5.92. The van der Waals surface area contributed by atoms with Crippen molar-refractivity contribution >= 4 is 40.0 Å². The lowest BCUT2D eigenvalue weighted by atomic mass is 10.1. The third-order valence-corrected chi connectivity index (χ3v) is 6.10. The van der Waals surface area contributed by atoms with Gasteiger partial charge in [0.25, 0.3) is 0 Å². The Balaban J connectivity index is 1.66. The highest BCUT2D eigenvalue weighted by atomic mass is 16.2. The minimum atomic E-state index is -0.181. The van der Waals surface area contributed by atoms with Crippen molar-refractivity contribution in [3.05, 3.63) is 65.4 Å². The average Bonchev–Trinajstić information content (AvgIpc) is 3.26. The summed E-state index contributed by atoms with van der Waals surface area (Å²) in [4.78, 5) is 14.6. The summed E-state index contributed by atoms with van der Waals surface area (Å²) >= 11 is 0. The minimum absolute atomic E-state index is 0.181. The molecule has 7 nitrogen and oxygen atoms in total. The van der Waals surface area contributed by atoms with Gasteiger partial charge in [0.1, 0.15) is 7.05 Å². The lowest BCUT2D eigenvalue weighted by Crippen LogP contribution is -2.41. The monoisotopic (exact) mass is 460 g/mol. The number of para-hydroxylation sites is 1. The van der Waals surface area contributed by atoms with Crippen LogP contribution in [0.2, 0.25) is 0 Å². The van der Waals surface area contributed by atoms with Crippen LogP contribution in [0, 0.1) is 0 Å². The Labute approximate surface area is 201 Å². The van der Waals surface area contributed by atoms with E-state index >= 15 is 0 Å². The normalized spacial score (nSPS) is 12.5. The summed E-state index contributed by atoms with van der Waals surface area (Å²) in [5.74, 6) is 0.752. The Hall–Kier alpha value is -3.58. The number of hydrogen-bond acceptors (Lipinski definition) is 2. The first kappa shape index (κ1) is 23.6. The van der Waals surface area contributed by atoms with Crippen LogP contribution in [-0.4, -0.2) is 63.4 Å². The van der Waals surface area contributed by atoms with E-state index in [1.54, 1.807) is 0 Å². The maximum absolute atomic E-state index is 12.6. The molecular weight excluding hydrogens is 424 g/mol. The quantitative estimate of drug-likeness (QED) is 0.253. The Morgan fingerprint density at radius 1 is 1.06 bits per heavy atom. The molecule has 2 heterocycles. The second-order valence-corrected chi connectivity index (χ2v) is 10.1. The number of carbonyl (C=O) groups excluding carboxylic acids is 1. The van der Waals surface area contributed by atoms with E-state index < -0.39 is 0 Å². The van der Waals surface area contributed by atoms with Crippen LogP contribution < -0.4 is 25.4 Å². The van der Waals surface area contributed by atoms with Crippen LogP contribution in [0.25, 0.3) is 22.5 Å². The molecule has 0 atom stereocenters. The minimum Gasteiger partial charge on any atom is -0.378 e. The fourth-order valence-corrected chi connectivity index (χ4v) is 4.28. The maximum atomic E-state index is 12.6. The van der Waals surface area contributed by atoms with Crippen LogP contribution in [-0.2, 0) is 7.05 Å². The number of benzene rings is 2. The molecule has 2 aromatic carbocycles. The molecule has 2 N–H and O–H groups in total. The Morgan fingerprint density at radius 2 is 1.76 bits per heavy atom. The van der Waals surface area contributed by atoms with Crippen molar-refractivity contribution in [3.63, 3.8) is 0 Å². The van der Waals surface area contributed by atoms with Crippen LogP contribution in [0.15, 0.2) is 54.6 Å². The summed E-state index contributed by atoms with van der Waals surface area (Å²) in [6.45, 7) is 1.66. The zero-order chi connectivity index (χ0) is 24.5. The Bertz CT molecular complexity index is 1360. The number of aryl methyl sites for hydroxylation is 1. The van der Waals surface area contributed by atoms with E-state index in [2.05, 4.69) is 89.7 Å². The third kappa shape index (κ3) is 4.99. The number of nitrogens with zero attached hydrogens (tertiary/aromatic N) is 4. The van der Waals surface area contributed by atoms with E-state index in [0.717, 1.165) is 45.1 Å². The molecule has 0 aliphatic carbocycles. The number of quaternary nitrogens is 1. The van der Waals surface area contributed by atoms with Crippen LogP contribution in [0.4, 0.5) is 16.3 Å². The van der Waals surface area contributed by atoms with E-state index in [-0.39, 0.29) is 6.03 Å². The van der Waals surface area contributed by atoms with Crippen molar-refractivity contribution in [3.8, 4) is 0 Å². The van der Waals surface area contributed by atoms with Crippen molar-refractivity contribution in [2.24, 2.45) is 7.05 Å². The summed E-state index contributed by atoms with van der Waals surface area (Å²) < 4.78 is 5.04. The Morgan fingerprint density at radius 3 is 2.44 bits per heavy atom. The first-order valence-electron chi connectivity index (χ1n) is 11.7.